The summed E-state index contributed by atoms with van der Waals surface area (Å²) in [4.78, 5) is 11.6. The lowest BCUT2D eigenvalue weighted by molar-refractivity contribution is -0.119. The maximum Gasteiger partial charge on any atom is 0.229 e. The highest BCUT2D eigenvalue weighted by atomic mass is 35.5. The van der Waals surface area contributed by atoms with Gasteiger partial charge in [-0.3, -0.25) is 9.52 Å². The van der Waals surface area contributed by atoms with Crippen molar-refractivity contribution >= 4 is 39.7 Å². The number of amides is 1. The quantitative estimate of drug-likeness (QED) is 0.755. The van der Waals surface area contributed by atoms with Crippen LogP contribution in [-0.4, -0.2) is 27.1 Å². The van der Waals surface area contributed by atoms with Gasteiger partial charge in [0.05, 0.1) is 6.26 Å². The second-order valence-corrected chi connectivity index (χ2v) is 5.83. The first kappa shape index (κ1) is 17.7. The minimum absolute atomic E-state index is 0. The van der Waals surface area contributed by atoms with Crippen molar-refractivity contribution in [3.8, 4) is 0 Å². The zero-order chi connectivity index (χ0) is 13.8. The summed E-state index contributed by atoms with van der Waals surface area (Å²) in [5, 5.41) is 2.69. The minimum Gasteiger partial charge on any atom is -0.330 e. The summed E-state index contributed by atoms with van der Waals surface area (Å²) in [6, 6.07) is 6.39. The van der Waals surface area contributed by atoms with Crippen LogP contribution in [0.4, 0.5) is 11.4 Å². The number of halogens is 1. The fourth-order valence-electron chi connectivity index (χ4n) is 1.21. The number of benzene rings is 1. The van der Waals surface area contributed by atoms with E-state index in [9.17, 15) is 13.2 Å². The van der Waals surface area contributed by atoms with E-state index in [0.29, 0.717) is 11.4 Å². The number of carbonyl (C=O) groups is 1. The van der Waals surface area contributed by atoms with Crippen molar-refractivity contribution in [2.45, 2.75) is 6.92 Å². The Morgan fingerprint density at radius 1 is 1.26 bits per heavy atom. The highest BCUT2D eigenvalue weighted by Crippen LogP contribution is 2.15. The van der Waals surface area contributed by atoms with Crippen LogP contribution in [0.3, 0.4) is 0 Å². The highest BCUT2D eigenvalue weighted by molar-refractivity contribution is 7.92. The minimum atomic E-state index is -3.28. The summed E-state index contributed by atoms with van der Waals surface area (Å²) in [7, 11) is -3.28. The van der Waals surface area contributed by atoms with Crippen LogP contribution in [-0.2, 0) is 14.8 Å². The van der Waals surface area contributed by atoms with Gasteiger partial charge in [0, 0.05) is 23.8 Å². The molecule has 0 saturated carbocycles. The van der Waals surface area contributed by atoms with Crippen LogP contribution in [0, 0.1) is 5.92 Å². The van der Waals surface area contributed by atoms with Gasteiger partial charge in [-0.15, -0.1) is 12.4 Å². The van der Waals surface area contributed by atoms with Crippen LogP contribution >= 0.6 is 12.4 Å². The molecule has 0 radical (unpaired) electrons. The molecule has 6 nitrogen and oxygen atoms in total. The Morgan fingerprint density at radius 2 is 1.74 bits per heavy atom. The molecule has 0 heterocycles. The van der Waals surface area contributed by atoms with Gasteiger partial charge >= 0.3 is 0 Å². The number of nitrogens with one attached hydrogen (secondary N) is 2. The van der Waals surface area contributed by atoms with Crippen molar-refractivity contribution in [3.05, 3.63) is 24.3 Å². The average Bonchev–Trinajstić information content (AvgIpc) is 2.28. The largest absolute Gasteiger partial charge is 0.330 e. The van der Waals surface area contributed by atoms with Crippen LogP contribution in [0.1, 0.15) is 6.92 Å². The van der Waals surface area contributed by atoms with E-state index in [1.807, 2.05) is 0 Å². The molecule has 1 unspecified atom stereocenters. The molecule has 0 spiro atoms. The van der Waals surface area contributed by atoms with Gasteiger partial charge < -0.3 is 11.1 Å². The van der Waals surface area contributed by atoms with Crippen molar-refractivity contribution in [1.82, 2.24) is 0 Å². The Balaban J connectivity index is 0.00000324. The van der Waals surface area contributed by atoms with E-state index < -0.39 is 10.0 Å². The third-order valence-corrected chi connectivity index (χ3v) is 2.86. The van der Waals surface area contributed by atoms with Gasteiger partial charge in [0.1, 0.15) is 0 Å². The maximum absolute atomic E-state index is 11.6. The molecular weight excluding hydrogens is 290 g/mol. The molecule has 108 valence electrons. The number of nitrogens with two attached hydrogens (primary N) is 1. The molecular formula is C11H18ClN3O3S. The van der Waals surface area contributed by atoms with E-state index in [2.05, 4.69) is 10.0 Å². The Kier molecular flexibility index (Phi) is 6.82. The summed E-state index contributed by atoms with van der Waals surface area (Å²) in [6.07, 6.45) is 1.08. The standard InChI is InChI=1S/C11H17N3O3S.ClH/c1-8(7-12)11(15)13-9-3-5-10(6-4-9)14-18(2,16)17;/h3-6,8,14H,7,12H2,1-2H3,(H,13,15);1H. The van der Waals surface area contributed by atoms with Crippen molar-refractivity contribution in [1.29, 1.82) is 0 Å². The summed E-state index contributed by atoms with van der Waals surface area (Å²) < 4.78 is 24.3. The molecule has 0 aliphatic rings. The molecule has 19 heavy (non-hydrogen) atoms. The van der Waals surface area contributed by atoms with Gasteiger partial charge in [0.15, 0.2) is 0 Å². The molecule has 0 bridgehead atoms. The molecule has 1 atom stereocenters. The smallest absolute Gasteiger partial charge is 0.229 e. The number of anilines is 2. The fourth-order valence-corrected chi connectivity index (χ4v) is 1.77. The van der Waals surface area contributed by atoms with Crippen LogP contribution < -0.4 is 15.8 Å². The Bertz CT molecular complexity index is 516. The summed E-state index contributed by atoms with van der Waals surface area (Å²) >= 11 is 0. The van der Waals surface area contributed by atoms with E-state index in [4.69, 9.17) is 5.73 Å². The third-order valence-electron chi connectivity index (χ3n) is 2.26. The van der Waals surface area contributed by atoms with Crippen molar-refractivity contribution in [3.63, 3.8) is 0 Å². The fraction of sp³-hybridized carbons (Fsp3) is 0.364. The molecule has 0 aromatic heterocycles. The van der Waals surface area contributed by atoms with Crippen LogP contribution in [0.2, 0.25) is 0 Å². The Labute approximate surface area is 119 Å². The van der Waals surface area contributed by atoms with Gasteiger partial charge in [-0.25, -0.2) is 8.42 Å². The maximum atomic E-state index is 11.6. The summed E-state index contributed by atoms with van der Waals surface area (Å²) in [5.41, 5.74) is 6.43. The number of carbonyl (C=O) groups excluding carboxylic acids is 1. The van der Waals surface area contributed by atoms with Crippen LogP contribution in [0.15, 0.2) is 24.3 Å². The first-order chi connectivity index (χ1) is 8.31. The normalized spacial score (nSPS) is 12.2. The molecule has 8 heteroatoms. The molecule has 1 rings (SSSR count). The van der Waals surface area contributed by atoms with Crippen molar-refractivity contribution in [2.75, 3.05) is 22.8 Å². The summed E-state index contributed by atoms with van der Waals surface area (Å²) in [5.74, 6) is -0.430. The molecule has 1 amide bonds. The number of hydrogen-bond donors (Lipinski definition) is 3. The summed E-state index contributed by atoms with van der Waals surface area (Å²) in [6.45, 7) is 2.01. The Hall–Kier alpha value is -1.31. The number of sulfonamides is 1. The van der Waals surface area contributed by atoms with Gasteiger partial charge in [-0.1, -0.05) is 6.92 Å². The predicted molar refractivity (Wildman–Crippen MR) is 79.0 cm³/mol. The van der Waals surface area contributed by atoms with Gasteiger partial charge in [-0.2, -0.15) is 0 Å². The van der Waals surface area contributed by atoms with Gasteiger partial charge in [0.2, 0.25) is 15.9 Å². The zero-order valence-electron chi connectivity index (χ0n) is 10.7. The van der Waals surface area contributed by atoms with E-state index in [-0.39, 0.29) is 30.8 Å². The lowest BCUT2D eigenvalue weighted by atomic mass is 10.1. The lowest BCUT2D eigenvalue weighted by Crippen LogP contribution is -2.26. The van der Waals surface area contributed by atoms with E-state index >= 15 is 0 Å². The second-order valence-electron chi connectivity index (χ2n) is 4.08. The van der Waals surface area contributed by atoms with Crippen molar-refractivity contribution in [2.24, 2.45) is 11.7 Å². The monoisotopic (exact) mass is 307 g/mol. The molecule has 4 N–H and O–H groups in total. The lowest BCUT2D eigenvalue weighted by Gasteiger charge is -2.10. The molecule has 0 saturated heterocycles. The first-order valence-corrected chi connectivity index (χ1v) is 7.30. The number of rotatable bonds is 5. The Morgan fingerprint density at radius 3 is 2.16 bits per heavy atom. The van der Waals surface area contributed by atoms with E-state index in [1.54, 1.807) is 31.2 Å². The SMILES string of the molecule is CC(CN)C(=O)Nc1ccc(NS(C)(=O)=O)cc1.Cl. The van der Waals surface area contributed by atoms with Crippen LogP contribution in [0.5, 0.6) is 0 Å². The molecule has 0 aliphatic carbocycles. The third kappa shape index (κ3) is 6.42. The molecule has 1 aromatic carbocycles. The zero-order valence-corrected chi connectivity index (χ0v) is 12.3. The molecule has 0 aliphatic heterocycles. The highest BCUT2D eigenvalue weighted by Gasteiger charge is 2.10. The second kappa shape index (κ2) is 7.32. The van der Waals surface area contributed by atoms with Crippen LogP contribution in [0.25, 0.3) is 0 Å². The van der Waals surface area contributed by atoms with E-state index in [0.717, 1.165) is 6.26 Å². The average molecular weight is 308 g/mol. The molecule has 1 aromatic rings. The van der Waals surface area contributed by atoms with E-state index in [1.165, 1.54) is 0 Å². The first-order valence-electron chi connectivity index (χ1n) is 5.40. The topological polar surface area (TPSA) is 101 Å². The van der Waals surface area contributed by atoms with Gasteiger partial charge in [-0.05, 0) is 24.3 Å². The number of hydrogen-bond acceptors (Lipinski definition) is 4. The molecule has 0 fully saturated rings. The van der Waals surface area contributed by atoms with Crippen molar-refractivity contribution < 1.29 is 13.2 Å². The van der Waals surface area contributed by atoms with Gasteiger partial charge in [0.25, 0.3) is 0 Å². The predicted octanol–water partition coefficient (Wildman–Crippen LogP) is 1.01.